The molecule has 4 atom stereocenters. The van der Waals surface area contributed by atoms with E-state index in [4.69, 9.17) is 0 Å². The number of hydrogen-bond donors (Lipinski definition) is 1. The second kappa shape index (κ2) is 3.85. The summed E-state index contributed by atoms with van der Waals surface area (Å²) in [5, 5.41) is 4.03. The average molecular weight is 233 g/mol. The topological polar surface area (TPSA) is 12.0 Å². The third-order valence-electron chi connectivity index (χ3n) is 5.94. The maximum absolute atomic E-state index is 4.03. The van der Waals surface area contributed by atoms with Gasteiger partial charge in [0, 0.05) is 12.1 Å². The smallest absolute Gasteiger partial charge is 0.0177 e. The number of hydrogen-bond acceptors (Lipinski definition) is 1. The third kappa shape index (κ3) is 1.78. The van der Waals surface area contributed by atoms with Crippen LogP contribution >= 0.6 is 0 Å². The highest BCUT2D eigenvalue weighted by Gasteiger charge is 2.59. The molecule has 0 aromatic carbocycles. The number of allylic oxidation sites excluding steroid dienone is 1. The van der Waals surface area contributed by atoms with E-state index in [-0.39, 0.29) is 0 Å². The molecule has 0 aromatic rings. The normalized spacial score (nSPS) is 47.6. The Morgan fingerprint density at radius 3 is 2.53 bits per heavy atom. The van der Waals surface area contributed by atoms with Crippen LogP contribution < -0.4 is 5.32 Å². The fraction of sp³-hybridized carbons (Fsp3) is 0.875. The molecule has 0 aromatic heterocycles. The van der Waals surface area contributed by atoms with Gasteiger partial charge in [-0.2, -0.15) is 0 Å². The van der Waals surface area contributed by atoms with Crippen molar-refractivity contribution in [1.82, 2.24) is 5.32 Å². The summed E-state index contributed by atoms with van der Waals surface area (Å²) in [5.41, 5.74) is 1.09. The standard InChI is InChI=1S/C16H27N/c1-15(2)12-9-10-16(3,11-12)14(15)17-13-7-5-4-6-8-13/h4-5,12-14,17H,6-11H2,1-3H3. The Kier molecular flexibility index (Phi) is 2.66. The van der Waals surface area contributed by atoms with E-state index in [1.54, 1.807) is 0 Å². The average Bonchev–Trinajstić information content (AvgIpc) is 2.77. The summed E-state index contributed by atoms with van der Waals surface area (Å²) >= 11 is 0. The first-order chi connectivity index (χ1) is 8.02. The van der Waals surface area contributed by atoms with Crippen LogP contribution in [0.2, 0.25) is 0 Å². The molecule has 0 aliphatic heterocycles. The van der Waals surface area contributed by atoms with Gasteiger partial charge in [0.15, 0.2) is 0 Å². The number of nitrogens with one attached hydrogen (secondary N) is 1. The Morgan fingerprint density at radius 1 is 1.12 bits per heavy atom. The lowest BCUT2D eigenvalue weighted by Gasteiger charge is -2.45. The fourth-order valence-corrected chi connectivity index (χ4v) is 4.90. The van der Waals surface area contributed by atoms with Crippen LogP contribution in [0.3, 0.4) is 0 Å². The first-order valence-corrected chi connectivity index (χ1v) is 7.43. The predicted molar refractivity (Wildman–Crippen MR) is 72.9 cm³/mol. The molecule has 0 heterocycles. The van der Waals surface area contributed by atoms with Gasteiger partial charge in [-0.25, -0.2) is 0 Å². The molecule has 3 aliphatic carbocycles. The largest absolute Gasteiger partial charge is 0.310 e. The van der Waals surface area contributed by atoms with E-state index in [1.807, 2.05) is 0 Å². The van der Waals surface area contributed by atoms with E-state index in [1.165, 1.54) is 38.5 Å². The molecule has 1 N–H and O–H groups in total. The summed E-state index contributed by atoms with van der Waals surface area (Å²) in [5.74, 6) is 0.962. The van der Waals surface area contributed by atoms with Crippen molar-refractivity contribution in [3.8, 4) is 0 Å². The van der Waals surface area contributed by atoms with Gasteiger partial charge in [0.2, 0.25) is 0 Å². The molecular weight excluding hydrogens is 206 g/mol. The zero-order chi connectivity index (χ0) is 12.1. The maximum atomic E-state index is 4.03. The minimum Gasteiger partial charge on any atom is -0.310 e. The molecule has 3 aliphatic rings. The SMILES string of the molecule is CC12CCC(C1)C(C)(C)C2NC1CC=CCC1. The lowest BCUT2D eigenvalue weighted by atomic mass is 9.68. The van der Waals surface area contributed by atoms with E-state index in [9.17, 15) is 0 Å². The van der Waals surface area contributed by atoms with Crippen molar-refractivity contribution in [1.29, 1.82) is 0 Å². The summed E-state index contributed by atoms with van der Waals surface area (Å²) in [4.78, 5) is 0. The molecule has 0 radical (unpaired) electrons. The molecule has 1 nitrogen and oxygen atoms in total. The van der Waals surface area contributed by atoms with Crippen molar-refractivity contribution in [2.45, 2.75) is 71.4 Å². The molecule has 0 spiro atoms. The van der Waals surface area contributed by atoms with Crippen LogP contribution in [0.15, 0.2) is 12.2 Å². The molecule has 0 amide bonds. The Morgan fingerprint density at radius 2 is 1.94 bits per heavy atom. The highest BCUT2D eigenvalue weighted by atomic mass is 15.0. The van der Waals surface area contributed by atoms with Crippen molar-refractivity contribution in [2.24, 2.45) is 16.7 Å². The minimum atomic E-state index is 0.508. The van der Waals surface area contributed by atoms with Gasteiger partial charge in [-0.05, 0) is 55.3 Å². The number of fused-ring (bicyclic) bond motifs is 2. The first kappa shape index (κ1) is 11.8. The van der Waals surface area contributed by atoms with E-state index >= 15 is 0 Å². The van der Waals surface area contributed by atoms with E-state index in [2.05, 4.69) is 38.2 Å². The van der Waals surface area contributed by atoms with Crippen molar-refractivity contribution in [2.75, 3.05) is 0 Å². The van der Waals surface area contributed by atoms with Crippen LogP contribution in [0.4, 0.5) is 0 Å². The van der Waals surface area contributed by atoms with Crippen LogP contribution in [0.5, 0.6) is 0 Å². The summed E-state index contributed by atoms with van der Waals surface area (Å²) in [6.45, 7) is 7.52. The predicted octanol–water partition coefficient (Wildman–Crippen LogP) is 3.90. The van der Waals surface area contributed by atoms with Crippen molar-refractivity contribution < 1.29 is 0 Å². The van der Waals surface area contributed by atoms with Gasteiger partial charge in [0.05, 0.1) is 0 Å². The van der Waals surface area contributed by atoms with Gasteiger partial charge < -0.3 is 5.32 Å². The Balaban J connectivity index is 1.75. The minimum absolute atomic E-state index is 0.508. The Hall–Kier alpha value is -0.300. The van der Waals surface area contributed by atoms with Crippen LogP contribution in [0.1, 0.15) is 59.3 Å². The van der Waals surface area contributed by atoms with Crippen molar-refractivity contribution in [3.05, 3.63) is 12.2 Å². The third-order valence-corrected chi connectivity index (χ3v) is 5.94. The van der Waals surface area contributed by atoms with Gasteiger partial charge in [-0.3, -0.25) is 0 Å². The molecule has 4 unspecified atom stereocenters. The molecule has 2 bridgehead atoms. The second-order valence-electron chi connectivity index (χ2n) is 7.50. The molecule has 2 fully saturated rings. The van der Waals surface area contributed by atoms with Crippen LogP contribution in [0, 0.1) is 16.7 Å². The maximum Gasteiger partial charge on any atom is 0.0177 e. The van der Waals surface area contributed by atoms with Crippen molar-refractivity contribution in [3.63, 3.8) is 0 Å². The highest BCUT2D eigenvalue weighted by Crippen LogP contribution is 2.62. The van der Waals surface area contributed by atoms with Gasteiger partial charge in [-0.1, -0.05) is 32.9 Å². The monoisotopic (exact) mass is 233 g/mol. The molecule has 96 valence electrons. The zero-order valence-corrected chi connectivity index (χ0v) is 11.6. The van der Waals surface area contributed by atoms with Crippen molar-refractivity contribution >= 4 is 0 Å². The Bertz CT molecular complexity index is 326. The summed E-state index contributed by atoms with van der Waals surface area (Å²) in [6.07, 6.45) is 12.9. The Labute approximate surface area is 106 Å². The summed E-state index contributed by atoms with van der Waals surface area (Å²) in [7, 11) is 0. The zero-order valence-electron chi connectivity index (χ0n) is 11.6. The second-order valence-corrected chi connectivity index (χ2v) is 7.50. The summed E-state index contributed by atoms with van der Waals surface area (Å²) in [6, 6.07) is 1.48. The van der Waals surface area contributed by atoms with E-state index in [0.717, 1.165) is 18.0 Å². The highest BCUT2D eigenvalue weighted by molar-refractivity contribution is 5.13. The van der Waals surface area contributed by atoms with Crippen LogP contribution in [0.25, 0.3) is 0 Å². The summed E-state index contributed by atoms with van der Waals surface area (Å²) < 4.78 is 0. The van der Waals surface area contributed by atoms with Gasteiger partial charge in [-0.15, -0.1) is 0 Å². The molecule has 2 saturated carbocycles. The van der Waals surface area contributed by atoms with Crippen LogP contribution in [-0.4, -0.2) is 12.1 Å². The lowest BCUT2D eigenvalue weighted by Crippen LogP contribution is -2.53. The fourth-order valence-electron chi connectivity index (χ4n) is 4.90. The van der Waals surface area contributed by atoms with Gasteiger partial charge in [0.1, 0.15) is 0 Å². The molecule has 3 rings (SSSR count). The van der Waals surface area contributed by atoms with Gasteiger partial charge in [0.25, 0.3) is 0 Å². The van der Waals surface area contributed by atoms with Crippen LogP contribution in [-0.2, 0) is 0 Å². The first-order valence-electron chi connectivity index (χ1n) is 7.43. The van der Waals surface area contributed by atoms with E-state index < -0.39 is 0 Å². The quantitative estimate of drug-likeness (QED) is 0.713. The van der Waals surface area contributed by atoms with E-state index in [0.29, 0.717) is 10.8 Å². The molecular formula is C16H27N. The number of rotatable bonds is 2. The molecule has 1 heteroatoms. The molecule has 17 heavy (non-hydrogen) atoms. The van der Waals surface area contributed by atoms with Gasteiger partial charge >= 0.3 is 0 Å². The lowest BCUT2D eigenvalue weighted by molar-refractivity contribution is 0.0968. The molecule has 0 saturated heterocycles.